The van der Waals surface area contributed by atoms with Gasteiger partial charge in [-0.1, -0.05) is 42.5 Å². The first-order chi connectivity index (χ1) is 15.2. The monoisotopic (exact) mass is 418 g/mol. The van der Waals surface area contributed by atoms with Gasteiger partial charge in [0.1, 0.15) is 31.9 Å². The Hall–Kier alpha value is -3.38. The molecule has 3 N–H and O–H groups in total. The average molecular weight is 419 g/mol. The molecule has 0 spiro atoms. The first-order valence-electron chi connectivity index (χ1n) is 10.7. The minimum atomic E-state index is -0.284. The van der Waals surface area contributed by atoms with E-state index in [0.717, 1.165) is 43.1 Å². The number of hydrogen-bond donors (Lipinski definition) is 2. The van der Waals surface area contributed by atoms with Crippen LogP contribution < -0.4 is 24.8 Å². The summed E-state index contributed by atoms with van der Waals surface area (Å²) in [6.45, 7) is 5.54. The van der Waals surface area contributed by atoms with Crippen molar-refractivity contribution in [1.29, 1.82) is 0 Å². The maximum atomic E-state index is 13.5. The molecule has 1 aliphatic rings. The van der Waals surface area contributed by atoms with Crippen LogP contribution in [0, 0.1) is 6.92 Å². The van der Waals surface area contributed by atoms with Crippen LogP contribution in [-0.4, -0.2) is 39.2 Å². The summed E-state index contributed by atoms with van der Waals surface area (Å²) in [5.41, 5.74) is 2.82. The van der Waals surface area contributed by atoms with E-state index in [1.54, 1.807) is 7.11 Å². The zero-order valence-electron chi connectivity index (χ0n) is 18.1. The normalized spacial score (nSPS) is 15.4. The van der Waals surface area contributed by atoms with E-state index in [2.05, 4.69) is 21.3 Å². The molecule has 0 bridgehead atoms. The summed E-state index contributed by atoms with van der Waals surface area (Å²) in [6, 6.07) is 21.7. The van der Waals surface area contributed by atoms with Crippen molar-refractivity contribution in [2.24, 2.45) is 0 Å². The van der Waals surface area contributed by atoms with Crippen molar-refractivity contribution in [2.75, 3.05) is 43.5 Å². The molecular formula is C25H30N4O2+2. The minimum Gasteiger partial charge on any atom is -0.495 e. The van der Waals surface area contributed by atoms with Gasteiger partial charge in [-0.2, -0.15) is 0 Å². The van der Waals surface area contributed by atoms with Gasteiger partial charge in [0.05, 0.1) is 19.0 Å². The molecular weight excluding hydrogens is 388 g/mol. The molecule has 6 nitrogen and oxygen atoms in total. The number of piperazine rings is 1. The fourth-order valence-corrected chi connectivity index (χ4v) is 4.25. The van der Waals surface area contributed by atoms with Crippen LogP contribution >= 0.6 is 0 Å². The maximum Gasteiger partial charge on any atom is 0.287 e. The van der Waals surface area contributed by atoms with Crippen molar-refractivity contribution >= 4 is 17.4 Å². The lowest BCUT2D eigenvalue weighted by Gasteiger charge is -2.33. The lowest BCUT2D eigenvalue weighted by Crippen LogP contribution is -3.16. The molecule has 1 aromatic heterocycles. The van der Waals surface area contributed by atoms with E-state index in [1.807, 2.05) is 73.8 Å². The smallest absolute Gasteiger partial charge is 0.287 e. The lowest BCUT2D eigenvalue weighted by atomic mass is 10.0. The minimum absolute atomic E-state index is 0.00942. The van der Waals surface area contributed by atoms with Crippen LogP contribution in [0.4, 0.5) is 11.5 Å². The van der Waals surface area contributed by atoms with Crippen molar-refractivity contribution in [3.05, 3.63) is 84.1 Å². The van der Waals surface area contributed by atoms with Crippen molar-refractivity contribution in [3.63, 3.8) is 0 Å². The average Bonchev–Trinajstić information content (AvgIpc) is 2.81. The quantitative estimate of drug-likeness (QED) is 0.643. The van der Waals surface area contributed by atoms with Crippen molar-refractivity contribution in [2.45, 2.75) is 13.0 Å². The van der Waals surface area contributed by atoms with Gasteiger partial charge in [-0.15, -0.1) is 0 Å². The maximum absolute atomic E-state index is 13.5. The molecule has 1 saturated heterocycles. The number of methoxy groups -OCH3 is 1. The zero-order chi connectivity index (χ0) is 21.6. The summed E-state index contributed by atoms with van der Waals surface area (Å²) in [4.78, 5) is 20.5. The third kappa shape index (κ3) is 4.86. The molecule has 0 unspecified atom stereocenters. The van der Waals surface area contributed by atoms with Crippen molar-refractivity contribution < 1.29 is 19.4 Å². The van der Waals surface area contributed by atoms with Crippen LogP contribution in [0.5, 0.6) is 5.75 Å². The van der Waals surface area contributed by atoms with E-state index >= 15 is 0 Å². The fraction of sp³-hybridized carbons (Fsp3) is 0.280. The summed E-state index contributed by atoms with van der Waals surface area (Å²) in [7, 11) is 1.63. The number of rotatable bonds is 6. The SMILES string of the molecule is COc1ccc(C)cc1NC(=O)[C@H](c1ccccc1)[NH+]1CCN(c2cccc[nH+]2)CC1. The van der Waals surface area contributed by atoms with Gasteiger partial charge in [-0.3, -0.25) is 9.69 Å². The molecule has 1 atom stereocenters. The standard InChI is InChI=1S/C25H28N4O2/c1-19-11-12-22(31-2)21(18-19)27-25(30)24(20-8-4-3-5-9-20)29-16-14-28(15-17-29)23-10-6-7-13-26-23/h3-13,18,24H,14-17H2,1-2H3,(H,27,30)/p+2/t24-/m0/s1. The Morgan fingerprint density at radius 1 is 1.06 bits per heavy atom. The highest BCUT2D eigenvalue weighted by molar-refractivity contribution is 5.96. The highest BCUT2D eigenvalue weighted by Gasteiger charge is 2.36. The number of nitrogens with one attached hydrogen (secondary N) is 3. The fourth-order valence-electron chi connectivity index (χ4n) is 4.25. The zero-order valence-corrected chi connectivity index (χ0v) is 18.1. The molecule has 160 valence electrons. The number of aromatic nitrogens is 1. The molecule has 6 heteroatoms. The predicted molar refractivity (Wildman–Crippen MR) is 121 cm³/mol. The van der Waals surface area contributed by atoms with Crippen molar-refractivity contribution in [1.82, 2.24) is 0 Å². The molecule has 1 amide bonds. The number of anilines is 2. The van der Waals surface area contributed by atoms with E-state index in [1.165, 1.54) is 4.90 Å². The Kier molecular flexibility index (Phi) is 6.48. The second-order valence-electron chi connectivity index (χ2n) is 7.93. The number of quaternary nitrogens is 1. The van der Waals surface area contributed by atoms with E-state index in [9.17, 15) is 4.79 Å². The number of carbonyl (C=O) groups is 1. The number of amides is 1. The van der Waals surface area contributed by atoms with Crippen LogP contribution in [0.1, 0.15) is 17.2 Å². The molecule has 1 aliphatic heterocycles. The number of ether oxygens (including phenoxy) is 1. The number of aromatic amines is 1. The first-order valence-corrected chi connectivity index (χ1v) is 10.7. The van der Waals surface area contributed by atoms with Gasteiger partial charge in [0.15, 0.2) is 6.04 Å². The van der Waals surface area contributed by atoms with Gasteiger partial charge < -0.3 is 15.0 Å². The number of benzene rings is 2. The molecule has 3 aromatic rings. The second-order valence-corrected chi connectivity index (χ2v) is 7.93. The summed E-state index contributed by atoms with van der Waals surface area (Å²) < 4.78 is 5.46. The summed E-state index contributed by atoms with van der Waals surface area (Å²) in [6.07, 6.45) is 1.95. The van der Waals surface area contributed by atoms with Gasteiger partial charge in [-0.25, -0.2) is 4.98 Å². The topological polar surface area (TPSA) is 60.1 Å². The number of pyridine rings is 1. The number of aryl methyl sites for hydroxylation is 1. The van der Waals surface area contributed by atoms with Crippen molar-refractivity contribution in [3.8, 4) is 5.75 Å². The molecule has 2 heterocycles. The van der Waals surface area contributed by atoms with E-state index in [4.69, 9.17) is 4.74 Å². The highest BCUT2D eigenvalue weighted by atomic mass is 16.5. The predicted octanol–water partition coefficient (Wildman–Crippen LogP) is 1.90. The number of carbonyl (C=O) groups excluding carboxylic acids is 1. The summed E-state index contributed by atoms with van der Waals surface area (Å²) >= 11 is 0. The number of H-pyrrole nitrogens is 1. The molecule has 0 aliphatic carbocycles. The first kappa shape index (κ1) is 20.9. The van der Waals surface area contributed by atoms with Crippen LogP contribution in [0.2, 0.25) is 0 Å². The Morgan fingerprint density at radius 2 is 1.81 bits per heavy atom. The molecule has 0 saturated carbocycles. The Balaban J connectivity index is 1.55. The van der Waals surface area contributed by atoms with Crippen LogP contribution in [0.15, 0.2) is 72.9 Å². The van der Waals surface area contributed by atoms with Crippen LogP contribution in [-0.2, 0) is 4.79 Å². The second kappa shape index (κ2) is 9.62. The van der Waals surface area contributed by atoms with Gasteiger partial charge in [0, 0.05) is 11.6 Å². The van der Waals surface area contributed by atoms with Crippen LogP contribution in [0.3, 0.4) is 0 Å². The van der Waals surface area contributed by atoms with Crippen LogP contribution in [0.25, 0.3) is 0 Å². The van der Waals surface area contributed by atoms with Gasteiger partial charge in [0.25, 0.3) is 11.7 Å². The van der Waals surface area contributed by atoms with Gasteiger partial charge >= 0.3 is 0 Å². The lowest BCUT2D eigenvalue weighted by molar-refractivity contribution is -0.922. The van der Waals surface area contributed by atoms with E-state index < -0.39 is 0 Å². The van der Waals surface area contributed by atoms with Gasteiger partial charge in [-0.05, 0) is 30.7 Å². The van der Waals surface area contributed by atoms with E-state index in [0.29, 0.717) is 11.4 Å². The Morgan fingerprint density at radius 3 is 2.48 bits per heavy atom. The largest absolute Gasteiger partial charge is 0.495 e. The van der Waals surface area contributed by atoms with Gasteiger partial charge in [0.2, 0.25) is 0 Å². The highest BCUT2D eigenvalue weighted by Crippen LogP contribution is 2.26. The molecule has 1 fully saturated rings. The summed E-state index contributed by atoms with van der Waals surface area (Å²) in [5.74, 6) is 1.78. The Bertz CT molecular complexity index is 1000. The Labute approximate surface area is 183 Å². The third-order valence-corrected chi connectivity index (χ3v) is 5.86. The molecule has 2 aromatic carbocycles. The summed E-state index contributed by atoms with van der Waals surface area (Å²) in [5, 5.41) is 3.14. The molecule has 4 rings (SSSR count). The van der Waals surface area contributed by atoms with E-state index in [-0.39, 0.29) is 11.9 Å². The number of hydrogen-bond acceptors (Lipinski definition) is 3. The molecule has 31 heavy (non-hydrogen) atoms. The number of nitrogens with zero attached hydrogens (tertiary/aromatic N) is 1. The third-order valence-electron chi connectivity index (χ3n) is 5.86. The molecule has 0 radical (unpaired) electrons.